The molecule has 0 bridgehead atoms. The fraction of sp³-hybridized carbons (Fsp3) is 0.320. The maximum absolute atomic E-state index is 9.55. The summed E-state index contributed by atoms with van der Waals surface area (Å²) in [5.41, 5.74) is 4.23. The van der Waals surface area contributed by atoms with E-state index in [1.54, 1.807) is 0 Å². The van der Waals surface area contributed by atoms with E-state index in [1.165, 1.54) is 16.7 Å². The van der Waals surface area contributed by atoms with Gasteiger partial charge < -0.3 is 10.2 Å². The molecule has 2 aromatic carbocycles. The molecular weight excluding hydrogens is 406 g/mol. The molecule has 0 spiro atoms. The molecule has 2 N–H and O–H groups in total. The molecule has 2 aromatic rings. The molecule has 7 nitrogen and oxygen atoms in total. The van der Waals surface area contributed by atoms with E-state index in [9.17, 15) is 9.59 Å². The SMILES string of the molecule is N#CCCN1CCN(Cc2ccccc2Cc2ccccc2)CC1.O=C(O)/C=C\C(=O)O. The standard InChI is InChI=1S/C21H25N3.C4H4O4/c22-11-6-12-23-13-15-24(16-14-23)18-21-10-5-4-9-20(21)17-19-7-2-1-3-8-19;5-3(6)1-2-4(7)8/h1-5,7-10H,6,12-18H2;1-2H,(H,5,6)(H,7,8)/b;2-1-. The first kappa shape index (κ1) is 24.8. The second-order valence-electron chi connectivity index (χ2n) is 7.47. The molecular formula is C25H29N3O4. The number of nitriles is 1. The molecule has 1 aliphatic heterocycles. The first-order valence-corrected chi connectivity index (χ1v) is 10.5. The third kappa shape index (κ3) is 9.56. The summed E-state index contributed by atoms with van der Waals surface area (Å²) in [5.74, 6) is -2.51. The molecule has 1 fully saturated rings. The summed E-state index contributed by atoms with van der Waals surface area (Å²) < 4.78 is 0. The number of piperazine rings is 1. The van der Waals surface area contributed by atoms with Gasteiger partial charge in [0.05, 0.1) is 6.07 Å². The molecule has 0 radical (unpaired) electrons. The first-order valence-electron chi connectivity index (χ1n) is 10.5. The van der Waals surface area contributed by atoms with Gasteiger partial charge in [-0.2, -0.15) is 5.26 Å². The Morgan fingerprint density at radius 1 is 0.844 bits per heavy atom. The molecule has 1 saturated heterocycles. The largest absolute Gasteiger partial charge is 0.478 e. The topological polar surface area (TPSA) is 105 Å². The van der Waals surface area contributed by atoms with Crippen molar-refractivity contribution in [1.82, 2.24) is 9.80 Å². The van der Waals surface area contributed by atoms with E-state index < -0.39 is 11.9 Å². The minimum absolute atomic E-state index is 0.558. The summed E-state index contributed by atoms with van der Waals surface area (Å²) in [6.45, 7) is 6.26. The van der Waals surface area contributed by atoms with Crippen LogP contribution >= 0.6 is 0 Å². The number of carboxylic acid groups (broad SMARTS) is 2. The Kier molecular flexibility index (Phi) is 10.7. The average molecular weight is 436 g/mol. The lowest BCUT2D eigenvalue weighted by molar-refractivity contribution is -0.134. The molecule has 0 amide bonds. The highest BCUT2D eigenvalue weighted by molar-refractivity contribution is 5.89. The Hall–Kier alpha value is -3.47. The number of rotatable bonds is 8. The van der Waals surface area contributed by atoms with Gasteiger partial charge in [0.15, 0.2) is 0 Å². The zero-order valence-corrected chi connectivity index (χ0v) is 18.1. The van der Waals surface area contributed by atoms with Crippen molar-refractivity contribution in [3.05, 3.63) is 83.4 Å². The van der Waals surface area contributed by atoms with Crippen LogP contribution in [0.2, 0.25) is 0 Å². The predicted octanol–water partition coefficient (Wildman–Crippen LogP) is 3.02. The van der Waals surface area contributed by atoms with Crippen LogP contribution in [-0.2, 0) is 22.6 Å². The van der Waals surface area contributed by atoms with Crippen LogP contribution < -0.4 is 0 Å². The lowest BCUT2D eigenvalue weighted by atomic mass is 9.99. The minimum Gasteiger partial charge on any atom is -0.478 e. The number of nitrogens with zero attached hydrogens (tertiary/aromatic N) is 3. The minimum atomic E-state index is -1.26. The van der Waals surface area contributed by atoms with Crippen LogP contribution in [0.5, 0.6) is 0 Å². The number of aliphatic carboxylic acids is 2. The van der Waals surface area contributed by atoms with E-state index in [1.807, 2.05) is 0 Å². The second-order valence-corrected chi connectivity index (χ2v) is 7.47. The van der Waals surface area contributed by atoms with Crippen LogP contribution in [-0.4, -0.2) is 64.7 Å². The number of carbonyl (C=O) groups is 2. The maximum atomic E-state index is 9.55. The van der Waals surface area contributed by atoms with Crippen LogP contribution in [0.3, 0.4) is 0 Å². The molecule has 0 unspecified atom stereocenters. The van der Waals surface area contributed by atoms with Gasteiger partial charge in [-0.15, -0.1) is 0 Å². The van der Waals surface area contributed by atoms with Crippen LogP contribution in [0.25, 0.3) is 0 Å². The quantitative estimate of drug-likeness (QED) is 0.614. The Balaban J connectivity index is 0.000000390. The molecule has 7 heteroatoms. The molecule has 1 heterocycles. The van der Waals surface area contributed by atoms with E-state index in [4.69, 9.17) is 15.5 Å². The van der Waals surface area contributed by atoms with Gasteiger partial charge in [0.25, 0.3) is 0 Å². The molecule has 0 aromatic heterocycles. The molecule has 0 aliphatic carbocycles. The van der Waals surface area contributed by atoms with Crippen molar-refractivity contribution >= 4 is 11.9 Å². The molecule has 168 valence electrons. The monoisotopic (exact) mass is 435 g/mol. The summed E-state index contributed by atoms with van der Waals surface area (Å²) in [4.78, 5) is 24.0. The lowest BCUT2D eigenvalue weighted by Crippen LogP contribution is -2.46. The third-order valence-electron chi connectivity index (χ3n) is 5.12. The number of benzene rings is 2. The molecule has 0 atom stereocenters. The number of carboxylic acids is 2. The summed E-state index contributed by atoms with van der Waals surface area (Å²) in [5, 5.41) is 24.3. The van der Waals surface area contributed by atoms with E-state index in [0.29, 0.717) is 18.6 Å². The van der Waals surface area contributed by atoms with Gasteiger partial charge in [0, 0.05) is 57.8 Å². The van der Waals surface area contributed by atoms with Gasteiger partial charge in [0.1, 0.15) is 0 Å². The third-order valence-corrected chi connectivity index (χ3v) is 5.12. The van der Waals surface area contributed by atoms with Crippen molar-refractivity contribution < 1.29 is 19.8 Å². The van der Waals surface area contributed by atoms with Crippen molar-refractivity contribution in [2.45, 2.75) is 19.4 Å². The molecule has 0 saturated carbocycles. The highest BCUT2D eigenvalue weighted by atomic mass is 16.4. The van der Waals surface area contributed by atoms with Crippen LogP contribution in [0.1, 0.15) is 23.1 Å². The summed E-state index contributed by atoms with van der Waals surface area (Å²) >= 11 is 0. The number of hydrogen-bond acceptors (Lipinski definition) is 5. The van der Waals surface area contributed by atoms with Crippen molar-refractivity contribution in [2.24, 2.45) is 0 Å². The van der Waals surface area contributed by atoms with Gasteiger partial charge in [0.2, 0.25) is 0 Å². The zero-order chi connectivity index (χ0) is 23.2. The molecule has 32 heavy (non-hydrogen) atoms. The normalized spacial score (nSPS) is 14.3. The second kappa shape index (κ2) is 13.8. The van der Waals surface area contributed by atoms with Crippen LogP contribution in [0.15, 0.2) is 66.7 Å². The van der Waals surface area contributed by atoms with Gasteiger partial charge in [-0.25, -0.2) is 9.59 Å². The Bertz CT molecular complexity index is 914. The van der Waals surface area contributed by atoms with Gasteiger partial charge in [-0.1, -0.05) is 54.6 Å². The van der Waals surface area contributed by atoms with Crippen LogP contribution in [0, 0.1) is 11.3 Å². The summed E-state index contributed by atoms with van der Waals surface area (Å²) in [7, 11) is 0. The van der Waals surface area contributed by atoms with E-state index in [-0.39, 0.29) is 0 Å². The van der Waals surface area contributed by atoms with E-state index in [2.05, 4.69) is 70.5 Å². The smallest absolute Gasteiger partial charge is 0.328 e. The predicted molar refractivity (Wildman–Crippen MR) is 122 cm³/mol. The fourth-order valence-corrected chi connectivity index (χ4v) is 3.46. The molecule has 1 aliphatic rings. The first-order chi connectivity index (χ1) is 15.5. The van der Waals surface area contributed by atoms with Crippen molar-refractivity contribution in [3.8, 4) is 6.07 Å². The fourth-order valence-electron chi connectivity index (χ4n) is 3.46. The van der Waals surface area contributed by atoms with Crippen LogP contribution in [0.4, 0.5) is 0 Å². The molecule has 3 rings (SSSR count). The zero-order valence-electron chi connectivity index (χ0n) is 18.1. The summed E-state index contributed by atoms with van der Waals surface area (Å²) in [6, 6.07) is 21.7. The maximum Gasteiger partial charge on any atom is 0.328 e. The van der Waals surface area contributed by atoms with Gasteiger partial charge >= 0.3 is 11.9 Å². The Labute approximate surface area is 188 Å². The average Bonchev–Trinajstić information content (AvgIpc) is 2.80. The Morgan fingerprint density at radius 2 is 1.38 bits per heavy atom. The van der Waals surface area contributed by atoms with Gasteiger partial charge in [-0.05, 0) is 23.1 Å². The number of hydrogen-bond donors (Lipinski definition) is 2. The Morgan fingerprint density at radius 3 is 1.94 bits per heavy atom. The highest BCUT2D eigenvalue weighted by Gasteiger charge is 2.17. The van der Waals surface area contributed by atoms with Crippen molar-refractivity contribution in [3.63, 3.8) is 0 Å². The highest BCUT2D eigenvalue weighted by Crippen LogP contribution is 2.17. The van der Waals surface area contributed by atoms with Crippen molar-refractivity contribution in [1.29, 1.82) is 5.26 Å². The van der Waals surface area contributed by atoms with E-state index in [0.717, 1.165) is 45.7 Å². The van der Waals surface area contributed by atoms with Crippen molar-refractivity contribution in [2.75, 3.05) is 32.7 Å². The lowest BCUT2D eigenvalue weighted by Gasteiger charge is -2.34. The van der Waals surface area contributed by atoms with Gasteiger partial charge in [-0.3, -0.25) is 9.80 Å². The summed E-state index contributed by atoms with van der Waals surface area (Å²) in [6.07, 6.45) is 2.75. The van der Waals surface area contributed by atoms with E-state index >= 15 is 0 Å².